The Hall–Kier alpha value is -3.06. The van der Waals surface area contributed by atoms with Crippen LogP contribution < -0.4 is 11.4 Å². The highest BCUT2D eigenvalue weighted by Crippen LogP contribution is 2.60. The number of carbonyl (C=O) groups is 2. The Balaban J connectivity index is 1.84. The molecule has 3 unspecified atom stereocenters. The van der Waals surface area contributed by atoms with Crippen LogP contribution in [0.5, 0.6) is 0 Å². The Morgan fingerprint density at radius 2 is 1.51 bits per heavy atom. The number of anilines is 1. The zero-order valence-corrected chi connectivity index (χ0v) is 38.7. The van der Waals surface area contributed by atoms with E-state index >= 15 is 0 Å². The normalized spacial score (nSPS) is 21.0. The Kier molecular flexibility index (Phi) is 27.6. The van der Waals surface area contributed by atoms with Gasteiger partial charge in [0.1, 0.15) is 30.7 Å². The van der Waals surface area contributed by atoms with Crippen LogP contribution in [0.3, 0.4) is 0 Å². The van der Waals surface area contributed by atoms with Gasteiger partial charge in [0.2, 0.25) is 0 Å². The van der Waals surface area contributed by atoms with Crippen molar-refractivity contribution in [2.75, 3.05) is 25.6 Å². The summed E-state index contributed by atoms with van der Waals surface area (Å²) in [4.78, 5) is 61.5. The summed E-state index contributed by atoms with van der Waals surface area (Å²) in [5, 5.41) is 30.7. The number of aliphatic hydroxyl groups excluding tert-OH is 3. The van der Waals surface area contributed by atoms with E-state index in [1.54, 1.807) is 6.08 Å². The molecule has 360 valence electrons. The van der Waals surface area contributed by atoms with E-state index in [0.29, 0.717) is 25.2 Å². The minimum atomic E-state index is -5.43. The third-order valence-electron chi connectivity index (χ3n) is 9.75. The number of allylic oxidation sites excluding steroid dienone is 4. The molecule has 1 fully saturated rings. The van der Waals surface area contributed by atoms with Crippen LogP contribution in [0.15, 0.2) is 53.5 Å². The summed E-state index contributed by atoms with van der Waals surface area (Å²) in [6.45, 7) is 4.05. The number of phosphoric acid groups is 2. The number of hydrogen-bond donors (Lipinski definition) is 6. The molecule has 0 spiro atoms. The molecule has 8 atom stereocenters. The topological polar surface area (TPSA) is 286 Å². The number of rotatable bonds is 34. The molecule has 0 bridgehead atoms. The van der Waals surface area contributed by atoms with Gasteiger partial charge in [-0.05, 0) is 50.5 Å². The second-order valence-electron chi connectivity index (χ2n) is 15.8. The smallest absolute Gasteiger partial charge is 0.462 e. The number of esters is 2. The lowest BCUT2D eigenvalue weighted by atomic mass is 10.0. The lowest BCUT2D eigenvalue weighted by Crippen LogP contribution is -2.36. The number of unbranched alkanes of at least 4 members (excludes halogenated alkanes) is 10. The van der Waals surface area contributed by atoms with Gasteiger partial charge in [-0.2, -0.15) is 9.29 Å². The predicted octanol–water partition coefficient (Wildman–Crippen LogP) is 6.49. The van der Waals surface area contributed by atoms with Gasteiger partial charge in [-0.15, -0.1) is 0 Å². The molecule has 2 heterocycles. The van der Waals surface area contributed by atoms with Crippen molar-refractivity contribution in [3.8, 4) is 0 Å². The van der Waals surface area contributed by atoms with E-state index in [4.69, 9.17) is 29.0 Å². The van der Waals surface area contributed by atoms with Gasteiger partial charge >= 0.3 is 33.3 Å². The molecule has 0 amide bonds. The first-order valence-electron chi connectivity index (χ1n) is 22.0. The Morgan fingerprint density at radius 1 is 0.873 bits per heavy atom. The van der Waals surface area contributed by atoms with Gasteiger partial charge < -0.3 is 45.1 Å². The Morgan fingerprint density at radius 3 is 2.17 bits per heavy atom. The first-order valence-corrected chi connectivity index (χ1v) is 25.0. The van der Waals surface area contributed by atoms with Crippen molar-refractivity contribution in [1.82, 2.24) is 9.55 Å². The fourth-order valence-corrected chi connectivity index (χ4v) is 8.41. The van der Waals surface area contributed by atoms with Gasteiger partial charge in [0.15, 0.2) is 12.3 Å². The number of nitrogens with zero attached hydrogens (tertiary/aromatic N) is 2. The largest absolute Gasteiger partial charge is 0.481 e. The molecule has 0 aromatic carbocycles. The van der Waals surface area contributed by atoms with Crippen LogP contribution in [0.25, 0.3) is 0 Å². The van der Waals surface area contributed by atoms with Gasteiger partial charge in [-0.1, -0.05) is 115 Å². The van der Waals surface area contributed by atoms with Gasteiger partial charge in [-0.3, -0.25) is 23.2 Å². The van der Waals surface area contributed by atoms with Gasteiger partial charge in [0.05, 0.1) is 19.3 Å². The maximum Gasteiger partial charge on any atom is 0.481 e. The summed E-state index contributed by atoms with van der Waals surface area (Å²) >= 11 is 0. The quantitative estimate of drug-likeness (QED) is 0.0142. The molecule has 1 aliphatic rings. The number of aliphatic hydroxyl groups is 3. The zero-order valence-electron chi connectivity index (χ0n) is 36.9. The number of aromatic nitrogens is 2. The molecule has 1 aromatic heterocycles. The molecular formula is C42H71N3O16P2. The molecule has 2 rings (SSSR count). The van der Waals surface area contributed by atoms with E-state index in [2.05, 4.69) is 23.1 Å². The molecule has 1 aliphatic heterocycles. The predicted molar refractivity (Wildman–Crippen MR) is 235 cm³/mol. The minimum absolute atomic E-state index is 0.0318. The van der Waals surface area contributed by atoms with Crippen LogP contribution in [0.1, 0.15) is 136 Å². The van der Waals surface area contributed by atoms with Crippen LogP contribution in [0, 0.1) is 5.92 Å². The van der Waals surface area contributed by atoms with Crippen molar-refractivity contribution >= 4 is 33.4 Å². The van der Waals surface area contributed by atoms with E-state index in [1.807, 2.05) is 37.3 Å². The molecule has 7 N–H and O–H groups in total. The SMILES string of the molecule is CC/C=C/CC(O)/C=C/C=C/CCCCCCCC(=O)OC[C@H](COP(=O)(O)OP(=O)(O)OC[C@H]1O[C@@H](n2ccc(N)nc2=O)[C@H](O)[C@@H]1O)OC(=O)CCCCCCCCC(C)C. The fraction of sp³-hybridized carbons (Fsp3) is 0.714. The number of phosphoric ester groups is 2. The van der Waals surface area contributed by atoms with Crippen molar-refractivity contribution < 1.29 is 71.4 Å². The molecule has 21 heteroatoms. The van der Waals surface area contributed by atoms with Crippen LogP contribution in [-0.2, 0) is 46.3 Å². The second-order valence-corrected chi connectivity index (χ2v) is 18.9. The average Bonchev–Trinajstić information content (AvgIpc) is 3.49. The van der Waals surface area contributed by atoms with Gasteiger partial charge in [0, 0.05) is 19.0 Å². The van der Waals surface area contributed by atoms with Gasteiger partial charge in [-0.25, -0.2) is 13.9 Å². The molecule has 0 saturated carbocycles. The molecule has 63 heavy (non-hydrogen) atoms. The van der Waals surface area contributed by atoms with E-state index in [1.165, 1.54) is 6.07 Å². The molecule has 1 aromatic rings. The second kappa shape index (κ2) is 31.0. The number of nitrogen functional groups attached to an aromatic ring is 1. The lowest BCUT2D eigenvalue weighted by molar-refractivity contribution is -0.161. The summed E-state index contributed by atoms with van der Waals surface area (Å²) in [5.74, 6) is -0.712. The Bertz CT molecular complexity index is 1720. The van der Waals surface area contributed by atoms with Crippen molar-refractivity contribution in [2.24, 2.45) is 5.92 Å². The molecule has 1 saturated heterocycles. The summed E-state index contributed by atoms with van der Waals surface area (Å²) in [5.41, 5.74) is 4.56. The monoisotopic (exact) mass is 935 g/mol. The van der Waals surface area contributed by atoms with Crippen molar-refractivity contribution in [2.45, 2.75) is 167 Å². The van der Waals surface area contributed by atoms with E-state index < -0.39 is 89.8 Å². The molecule has 0 aliphatic carbocycles. The molecular weight excluding hydrogens is 864 g/mol. The number of nitrogens with two attached hydrogens (primary N) is 1. The first kappa shape index (κ1) is 56.1. The number of hydrogen-bond acceptors (Lipinski definition) is 16. The van der Waals surface area contributed by atoms with Crippen LogP contribution >= 0.6 is 15.6 Å². The highest BCUT2D eigenvalue weighted by Gasteiger charge is 2.46. The van der Waals surface area contributed by atoms with Crippen molar-refractivity contribution in [3.05, 3.63) is 59.2 Å². The zero-order chi connectivity index (χ0) is 46.7. The molecule has 0 radical (unpaired) electrons. The van der Waals surface area contributed by atoms with Crippen molar-refractivity contribution in [1.29, 1.82) is 0 Å². The van der Waals surface area contributed by atoms with E-state index in [0.717, 1.165) is 87.8 Å². The lowest BCUT2D eigenvalue weighted by Gasteiger charge is -2.21. The summed E-state index contributed by atoms with van der Waals surface area (Å²) in [6.07, 6.45) is 17.7. The van der Waals surface area contributed by atoms with Crippen LogP contribution in [0.4, 0.5) is 5.82 Å². The van der Waals surface area contributed by atoms with Crippen LogP contribution in [0.2, 0.25) is 0 Å². The molecule has 19 nitrogen and oxygen atoms in total. The summed E-state index contributed by atoms with van der Waals surface area (Å²) in [7, 11) is -10.8. The van der Waals surface area contributed by atoms with Gasteiger partial charge in [0.25, 0.3) is 0 Å². The summed E-state index contributed by atoms with van der Waals surface area (Å²) < 4.78 is 56.4. The third-order valence-corrected chi connectivity index (χ3v) is 12.3. The summed E-state index contributed by atoms with van der Waals surface area (Å²) in [6, 6.07) is 1.24. The number of carbonyl (C=O) groups excluding carboxylic acids is 2. The average molecular weight is 936 g/mol. The standard InChI is InChI=1S/C42H71N3O16P2/c1-4-5-17-23-33(46)24-19-14-9-7-6-8-10-15-20-25-37(47)56-29-34(59-38(48)26-21-16-12-11-13-18-22-32(2)3)30-57-62(52,53)61-63(54,55)58-31-35-39(49)40(50)41(60-35)45-28-27-36(43)44-42(45)51/h5,9,14,17,19,24,27-28,32-35,39-41,46,49-50H,4,6-8,10-13,15-16,18,20-23,25-26,29-31H2,1-3H3,(H,52,53)(H,54,55)(H2,43,44,51)/b14-9+,17-5+,24-19+/t33?,34-,35-,39-,40-,41-/m1/s1. The highest BCUT2D eigenvalue weighted by atomic mass is 31.3. The van der Waals surface area contributed by atoms with E-state index in [-0.39, 0.29) is 18.7 Å². The maximum absolute atomic E-state index is 12.8. The number of ether oxygens (including phenoxy) is 3. The Labute approximate surface area is 370 Å². The van der Waals surface area contributed by atoms with Crippen molar-refractivity contribution in [3.63, 3.8) is 0 Å². The maximum atomic E-state index is 12.8. The minimum Gasteiger partial charge on any atom is -0.462 e. The highest BCUT2D eigenvalue weighted by molar-refractivity contribution is 7.61. The third kappa shape index (κ3) is 25.3. The van der Waals surface area contributed by atoms with E-state index in [9.17, 15) is 48.6 Å². The van der Waals surface area contributed by atoms with Crippen LogP contribution in [-0.4, -0.2) is 96.9 Å². The first-order chi connectivity index (χ1) is 29.9. The fourth-order valence-electron chi connectivity index (χ4n) is 6.30.